The van der Waals surface area contributed by atoms with Crippen LogP contribution in [0.4, 0.5) is 0 Å². The van der Waals surface area contributed by atoms with Crippen molar-refractivity contribution in [2.24, 2.45) is 7.05 Å². The second-order valence-corrected chi connectivity index (χ2v) is 6.62. The van der Waals surface area contributed by atoms with Gasteiger partial charge in [0.05, 0.1) is 13.2 Å². The summed E-state index contributed by atoms with van der Waals surface area (Å²) in [5.74, 6) is 0.676. The van der Waals surface area contributed by atoms with E-state index >= 15 is 0 Å². The molecule has 1 unspecified atom stereocenters. The average Bonchev–Trinajstić information content (AvgIpc) is 3.06. The Morgan fingerprint density at radius 3 is 2.96 bits per heavy atom. The lowest BCUT2D eigenvalue weighted by Crippen LogP contribution is -2.46. The van der Waals surface area contributed by atoms with Crippen LogP contribution >= 0.6 is 11.8 Å². The fraction of sp³-hybridized carbons (Fsp3) is 0.533. The molecule has 134 valence electrons. The maximum absolute atomic E-state index is 12.8. The zero-order valence-corrected chi connectivity index (χ0v) is 14.9. The van der Waals surface area contributed by atoms with Crippen molar-refractivity contribution in [2.45, 2.75) is 11.2 Å². The summed E-state index contributed by atoms with van der Waals surface area (Å²) < 4.78 is 7.01. The third-order valence-electron chi connectivity index (χ3n) is 3.87. The number of rotatable bonds is 7. The van der Waals surface area contributed by atoms with Crippen molar-refractivity contribution >= 4 is 17.7 Å². The molecule has 0 aromatic carbocycles. The molecule has 1 aliphatic heterocycles. The summed E-state index contributed by atoms with van der Waals surface area (Å²) in [6.07, 6.45) is 3.46. The molecule has 10 heteroatoms. The molecule has 25 heavy (non-hydrogen) atoms. The van der Waals surface area contributed by atoms with Crippen LogP contribution in [0.3, 0.4) is 0 Å². The number of hydrogen-bond acceptors (Lipinski definition) is 8. The number of carbonyl (C=O) groups excluding carboxylic acids is 1. The first-order valence-electron chi connectivity index (χ1n) is 8.10. The van der Waals surface area contributed by atoms with Gasteiger partial charge in [0.1, 0.15) is 6.04 Å². The summed E-state index contributed by atoms with van der Waals surface area (Å²) in [5.41, 5.74) is 0.895. The molecule has 0 saturated carbocycles. The number of thioether (sulfide) groups is 1. The molecule has 9 nitrogen and oxygen atoms in total. The minimum Gasteiger partial charge on any atom is -0.379 e. The van der Waals surface area contributed by atoms with E-state index in [-0.39, 0.29) is 11.9 Å². The summed E-state index contributed by atoms with van der Waals surface area (Å²) in [7, 11) is 1.79. The number of morpholine rings is 1. The first kappa shape index (κ1) is 17.8. The molecular weight excluding hydrogens is 342 g/mol. The van der Waals surface area contributed by atoms with Crippen LogP contribution in [0.5, 0.6) is 0 Å². The van der Waals surface area contributed by atoms with E-state index in [1.165, 1.54) is 11.8 Å². The molecule has 2 aromatic heterocycles. The highest BCUT2D eigenvalue weighted by atomic mass is 32.2. The Hall–Kier alpha value is -2.04. The van der Waals surface area contributed by atoms with Gasteiger partial charge in [0, 0.05) is 44.8 Å². The van der Waals surface area contributed by atoms with E-state index in [0.29, 0.717) is 25.5 Å². The van der Waals surface area contributed by atoms with Crippen molar-refractivity contribution in [1.29, 1.82) is 0 Å². The number of nitrogens with one attached hydrogen (secondary N) is 1. The van der Waals surface area contributed by atoms with Gasteiger partial charge in [-0.1, -0.05) is 17.8 Å². The molecular formula is C15H21N7O2S. The van der Waals surface area contributed by atoms with Crippen LogP contribution < -0.4 is 5.32 Å². The Labute approximate surface area is 150 Å². The van der Waals surface area contributed by atoms with E-state index in [2.05, 4.69) is 30.7 Å². The Bertz CT molecular complexity index is 676. The van der Waals surface area contributed by atoms with Gasteiger partial charge < -0.3 is 10.1 Å². The average molecular weight is 363 g/mol. The summed E-state index contributed by atoms with van der Waals surface area (Å²) in [6.45, 7) is 3.27. The minimum atomic E-state index is -0.348. The summed E-state index contributed by atoms with van der Waals surface area (Å²) in [4.78, 5) is 19.1. The molecule has 1 atom stereocenters. The van der Waals surface area contributed by atoms with Crippen molar-refractivity contribution in [2.75, 3.05) is 38.6 Å². The third kappa shape index (κ3) is 4.74. The van der Waals surface area contributed by atoms with Gasteiger partial charge in [-0.05, 0) is 22.1 Å². The number of pyridine rings is 1. The summed E-state index contributed by atoms with van der Waals surface area (Å²) in [5, 5.41) is 15.0. The first-order valence-corrected chi connectivity index (χ1v) is 9.09. The van der Waals surface area contributed by atoms with E-state index in [9.17, 15) is 4.79 Å². The summed E-state index contributed by atoms with van der Waals surface area (Å²) >= 11 is 1.50. The van der Waals surface area contributed by atoms with Crippen molar-refractivity contribution in [3.8, 4) is 0 Å². The number of aryl methyl sites for hydroxylation is 1. The largest absolute Gasteiger partial charge is 0.379 e. The number of tetrazole rings is 1. The van der Waals surface area contributed by atoms with E-state index < -0.39 is 0 Å². The van der Waals surface area contributed by atoms with Gasteiger partial charge >= 0.3 is 0 Å². The molecule has 0 aliphatic carbocycles. The van der Waals surface area contributed by atoms with Gasteiger partial charge in [0.25, 0.3) is 0 Å². The monoisotopic (exact) mass is 363 g/mol. The molecule has 0 radical (unpaired) electrons. The van der Waals surface area contributed by atoms with Gasteiger partial charge in [0.2, 0.25) is 11.1 Å². The van der Waals surface area contributed by atoms with Crippen molar-refractivity contribution in [1.82, 2.24) is 35.4 Å². The summed E-state index contributed by atoms with van der Waals surface area (Å²) in [6, 6.07) is 3.44. The fourth-order valence-electron chi connectivity index (χ4n) is 2.66. The molecule has 1 amide bonds. The number of aromatic nitrogens is 5. The van der Waals surface area contributed by atoms with Gasteiger partial charge in [-0.15, -0.1) is 5.10 Å². The minimum absolute atomic E-state index is 0.0217. The zero-order chi connectivity index (χ0) is 17.5. The Morgan fingerprint density at radius 2 is 2.28 bits per heavy atom. The number of ether oxygens (including phenoxy) is 1. The number of amides is 1. The van der Waals surface area contributed by atoms with Crippen LogP contribution in [0, 0.1) is 0 Å². The first-order chi connectivity index (χ1) is 12.3. The van der Waals surface area contributed by atoms with Crippen LogP contribution in [-0.4, -0.2) is 74.6 Å². The zero-order valence-electron chi connectivity index (χ0n) is 14.0. The fourth-order valence-corrected chi connectivity index (χ4v) is 3.36. The van der Waals surface area contributed by atoms with Crippen LogP contribution in [0.1, 0.15) is 11.6 Å². The highest BCUT2D eigenvalue weighted by Crippen LogP contribution is 2.21. The van der Waals surface area contributed by atoms with Crippen molar-refractivity contribution in [3.63, 3.8) is 0 Å². The second kappa shape index (κ2) is 8.88. The van der Waals surface area contributed by atoms with Gasteiger partial charge in [-0.2, -0.15) is 0 Å². The molecule has 1 aliphatic rings. The number of nitrogens with zero attached hydrogens (tertiary/aromatic N) is 6. The third-order valence-corrected chi connectivity index (χ3v) is 4.89. The number of carbonyl (C=O) groups is 1. The van der Waals surface area contributed by atoms with Gasteiger partial charge in [-0.3, -0.25) is 14.7 Å². The van der Waals surface area contributed by atoms with Crippen LogP contribution in [-0.2, 0) is 16.6 Å². The highest BCUT2D eigenvalue weighted by molar-refractivity contribution is 7.99. The lowest BCUT2D eigenvalue weighted by atomic mass is 10.1. The molecule has 1 saturated heterocycles. The van der Waals surface area contributed by atoms with Gasteiger partial charge in [-0.25, -0.2) is 4.68 Å². The van der Waals surface area contributed by atoms with Gasteiger partial charge in [0.15, 0.2) is 0 Å². The second-order valence-electron chi connectivity index (χ2n) is 5.56. The standard InChI is InChI=1S/C15H21N7O2S/c1-21-15(18-19-20-21)25-10-5-17-14(23)13(12-3-2-4-16-11-12)22-6-8-24-9-7-22/h2-4,11,13H,5-10H2,1H3,(H,17,23). The molecule has 3 heterocycles. The quantitative estimate of drug-likeness (QED) is 0.537. The topological polar surface area (TPSA) is 98.1 Å². The highest BCUT2D eigenvalue weighted by Gasteiger charge is 2.28. The predicted octanol–water partition coefficient (Wildman–Crippen LogP) is -0.113. The van der Waals surface area contributed by atoms with E-state index in [4.69, 9.17) is 4.74 Å². The molecule has 0 spiro atoms. The maximum atomic E-state index is 12.8. The van der Waals surface area contributed by atoms with E-state index in [1.807, 2.05) is 12.1 Å². The molecule has 2 aromatic rings. The van der Waals surface area contributed by atoms with Crippen molar-refractivity contribution < 1.29 is 9.53 Å². The smallest absolute Gasteiger partial charge is 0.242 e. The molecule has 3 rings (SSSR count). The van der Waals surface area contributed by atoms with Crippen LogP contribution in [0.2, 0.25) is 0 Å². The normalized spacial score (nSPS) is 16.5. The van der Waals surface area contributed by atoms with E-state index in [1.54, 1.807) is 24.1 Å². The predicted molar refractivity (Wildman–Crippen MR) is 91.9 cm³/mol. The lowest BCUT2D eigenvalue weighted by molar-refractivity contribution is -0.128. The Balaban J connectivity index is 1.58. The lowest BCUT2D eigenvalue weighted by Gasteiger charge is -2.33. The molecule has 0 bridgehead atoms. The Kier molecular flexibility index (Phi) is 6.31. The van der Waals surface area contributed by atoms with E-state index in [0.717, 1.165) is 23.8 Å². The molecule has 1 fully saturated rings. The van der Waals surface area contributed by atoms with Crippen molar-refractivity contribution in [3.05, 3.63) is 30.1 Å². The SMILES string of the molecule is Cn1nnnc1SCCNC(=O)C(c1cccnc1)N1CCOCC1. The molecule has 1 N–H and O–H groups in total. The maximum Gasteiger partial charge on any atom is 0.242 e. The van der Waals surface area contributed by atoms with Crippen LogP contribution in [0.15, 0.2) is 29.7 Å². The van der Waals surface area contributed by atoms with Crippen LogP contribution in [0.25, 0.3) is 0 Å². The number of hydrogen-bond donors (Lipinski definition) is 1. The Morgan fingerprint density at radius 1 is 1.44 bits per heavy atom.